The van der Waals surface area contributed by atoms with E-state index in [1.165, 1.54) is 16.7 Å². The van der Waals surface area contributed by atoms with E-state index in [0.717, 1.165) is 33.6 Å². The van der Waals surface area contributed by atoms with E-state index in [1.807, 2.05) is 38.1 Å². The largest absolute Gasteiger partial charge is 0.489 e. The lowest BCUT2D eigenvalue weighted by molar-refractivity contribution is 0.425. The summed E-state index contributed by atoms with van der Waals surface area (Å²) in [6.07, 6.45) is 12.9. The first-order chi connectivity index (χ1) is 14.1. The first-order valence-corrected chi connectivity index (χ1v) is 9.97. The maximum Gasteiger partial charge on any atom is 0.489 e. The lowest BCUT2D eigenvalue weighted by atomic mass is 9.67. The average molecular weight is 380 g/mol. The van der Waals surface area contributed by atoms with Crippen LogP contribution < -0.4 is 15.9 Å². The fourth-order valence-corrected chi connectivity index (χ4v) is 5.28. The molecule has 2 aliphatic rings. The van der Waals surface area contributed by atoms with Crippen LogP contribution in [0.25, 0.3) is 23.3 Å². The van der Waals surface area contributed by atoms with Crippen LogP contribution in [-0.4, -0.2) is 17.2 Å². The zero-order valence-electron chi connectivity index (χ0n) is 16.9. The van der Waals surface area contributed by atoms with Crippen molar-refractivity contribution >= 4 is 24.7 Å². The van der Waals surface area contributed by atoms with Crippen LogP contribution in [-0.2, 0) is 5.41 Å². The molecule has 2 aromatic rings. The Balaban J connectivity index is 2.30. The zero-order chi connectivity index (χ0) is 20.8. The van der Waals surface area contributed by atoms with E-state index in [1.54, 1.807) is 0 Å². The van der Waals surface area contributed by atoms with Crippen LogP contribution in [0.2, 0.25) is 0 Å². The molecule has 0 saturated heterocycles. The van der Waals surface area contributed by atoms with Gasteiger partial charge >= 0.3 is 7.12 Å². The van der Waals surface area contributed by atoms with E-state index in [-0.39, 0.29) is 0 Å². The summed E-state index contributed by atoms with van der Waals surface area (Å²) in [6, 6.07) is 10.4. The maximum absolute atomic E-state index is 10.2. The summed E-state index contributed by atoms with van der Waals surface area (Å²) in [6.45, 7) is 12.0. The van der Waals surface area contributed by atoms with Crippen molar-refractivity contribution in [3.63, 3.8) is 0 Å². The molecule has 2 nitrogen and oxygen atoms in total. The second-order valence-electron chi connectivity index (χ2n) is 7.46. The summed E-state index contributed by atoms with van der Waals surface area (Å²) >= 11 is 0. The fourth-order valence-electron chi connectivity index (χ4n) is 5.28. The summed E-state index contributed by atoms with van der Waals surface area (Å²) < 4.78 is 0. The molecule has 0 amide bonds. The van der Waals surface area contributed by atoms with Gasteiger partial charge in [0, 0.05) is 0 Å². The molecule has 2 aromatic carbocycles. The first-order valence-electron chi connectivity index (χ1n) is 9.97. The molecule has 0 radical (unpaired) electrons. The molecule has 0 fully saturated rings. The third-order valence-corrected chi connectivity index (χ3v) is 6.30. The Morgan fingerprint density at radius 1 is 1.03 bits per heavy atom. The molecule has 2 N–H and O–H groups in total. The Hall–Kier alpha value is -2.88. The summed E-state index contributed by atoms with van der Waals surface area (Å²) in [7, 11) is -1.55. The van der Waals surface area contributed by atoms with Crippen molar-refractivity contribution < 1.29 is 10.0 Å². The number of hydrogen-bond donors (Lipinski definition) is 2. The molecule has 29 heavy (non-hydrogen) atoms. The van der Waals surface area contributed by atoms with E-state index in [0.29, 0.717) is 5.46 Å². The van der Waals surface area contributed by atoms with Crippen LogP contribution in [0.15, 0.2) is 78.9 Å². The second kappa shape index (κ2) is 7.18. The summed E-state index contributed by atoms with van der Waals surface area (Å²) in [4.78, 5) is 0. The van der Waals surface area contributed by atoms with Crippen LogP contribution in [0.1, 0.15) is 31.4 Å². The molecule has 0 aromatic heterocycles. The SMILES string of the molecule is C=C/C=C1\CC=C(C=C)C12c1ccccc1-c1c2cc(B(O)O)c(=C/C)/c1=C\C. The molecule has 3 heteroatoms. The van der Waals surface area contributed by atoms with Crippen LogP contribution in [0.5, 0.6) is 0 Å². The molecule has 2 aliphatic carbocycles. The molecule has 0 saturated carbocycles. The molecule has 1 spiro atoms. The Bertz CT molecular complexity index is 1210. The van der Waals surface area contributed by atoms with Crippen LogP contribution in [0.4, 0.5) is 0 Å². The van der Waals surface area contributed by atoms with Crippen molar-refractivity contribution in [2.45, 2.75) is 25.7 Å². The van der Waals surface area contributed by atoms with E-state index in [9.17, 15) is 10.0 Å². The molecule has 1 unspecified atom stereocenters. The van der Waals surface area contributed by atoms with Gasteiger partial charge < -0.3 is 10.0 Å². The van der Waals surface area contributed by atoms with Gasteiger partial charge in [0.15, 0.2) is 0 Å². The quantitative estimate of drug-likeness (QED) is 0.804. The van der Waals surface area contributed by atoms with Crippen molar-refractivity contribution in [3.05, 3.63) is 101 Å². The standard InChI is InChI=1S/C26H25BO2/c1-5-11-18-15-14-17(6-2)26(18)22-13-10-9-12-21(22)25-20(8-4)19(7-3)24(27(28)29)16-23(25)26/h5-14,16,28-29H,1-2,15H2,3-4H3/b18-11+,19-7+,20-8+. The van der Waals surface area contributed by atoms with Crippen molar-refractivity contribution in [2.24, 2.45) is 0 Å². The number of benzene rings is 2. The highest BCUT2D eigenvalue weighted by atomic mass is 16.4. The van der Waals surface area contributed by atoms with Crippen LogP contribution in [0, 0.1) is 0 Å². The highest BCUT2D eigenvalue weighted by molar-refractivity contribution is 6.58. The molecule has 1 atom stereocenters. The van der Waals surface area contributed by atoms with Crippen molar-refractivity contribution in [3.8, 4) is 11.1 Å². The lowest BCUT2D eigenvalue weighted by Crippen LogP contribution is -2.50. The van der Waals surface area contributed by atoms with Gasteiger partial charge in [-0.05, 0) is 69.6 Å². The smallest absolute Gasteiger partial charge is 0.423 e. The van der Waals surface area contributed by atoms with Crippen molar-refractivity contribution in [2.75, 3.05) is 0 Å². The van der Waals surface area contributed by atoms with Gasteiger partial charge in [0.25, 0.3) is 0 Å². The van der Waals surface area contributed by atoms with E-state index >= 15 is 0 Å². The van der Waals surface area contributed by atoms with Gasteiger partial charge in [-0.3, -0.25) is 0 Å². The monoisotopic (exact) mass is 380 g/mol. The van der Waals surface area contributed by atoms with E-state index in [4.69, 9.17) is 0 Å². The number of rotatable bonds is 3. The van der Waals surface area contributed by atoms with Gasteiger partial charge in [-0.15, -0.1) is 0 Å². The minimum Gasteiger partial charge on any atom is -0.423 e. The normalized spacial score (nSPS) is 22.1. The maximum atomic E-state index is 10.2. The highest BCUT2D eigenvalue weighted by Crippen LogP contribution is 2.58. The van der Waals surface area contributed by atoms with Gasteiger partial charge in [0.1, 0.15) is 0 Å². The predicted octanol–water partition coefficient (Wildman–Crippen LogP) is 2.86. The van der Waals surface area contributed by atoms with E-state index in [2.05, 4.69) is 55.7 Å². The predicted molar refractivity (Wildman–Crippen MR) is 123 cm³/mol. The molecule has 144 valence electrons. The Labute approximate surface area is 172 Å². The minimum atomic E-state index is -1.55. The average Bonchev–Trinajstić information content (AvgIpc) is 3.24. The fraction of sp³-hybridized carbons (Fsp3) is 0.154. The summed E-state index contributed by atoms with van der Waals surface area (Å²) in [5.74, 6) is 0. The third kappa shape index (κ3) is 2.45. The van der Waals surface area contributed by atoms with Crippen molar-refractivity contribution in [1.82, 2.24) is 0 Å². The zero-order valence-corrected chi connectivity index (χ0v) is 16.9. The number of allylic oxidation sites excluding steroid dienone is 6. The third-order valence-electron chi connectivity index (χ3n) is 6.30. The van der Waals surface area contributed by atoms with Gasteiger partial charge in [-0.1, -0.05) is 79.9 Å². The van der Waals surface area contributed by atoms with Gasteiger partial charge in [-0.25, -0.2) is 0 Å². The second-order valence-corrected chi connectivity index (χ2v) is 7.46. The molecule has 0 bridgehead atoms. The number of fused-ring (bicyclic) bond motifs is 5. The molecule has 4 rings (SSSR count). The van der Waals surface area contributed by atoms with Crippen molar-refractivity contribution in [1.29, 1.82) is 0 Å². The summed E-state index contributed by atoms with van der Waals surface area (Å²) in [5, 5.41) is 22.3. The van der Waals surface area contributed by atoms with Gasteiger partial charge in [0.2, 0.25) is 0 Å². The lowest BCUT2D eigenvalue weighted by Gasteiger charge is -2.32. The summed E-state index contributed by atoms with van der Waals surface area (Å²) in [5.41, 5.74) is 7.04. The Kier molecular flexibility index (Phi) is 4.81. The highest BCUT2D eigenvalue weighted by Gasteiger charge is 2.50. The Morgan fingerprint density at radius 3 is 2.38 bits per heavy atom. The number of hydrogen-bond acceptors (Lipinski definition) is 2. The topological polar surface area (TPSA) is 40.5 Å². The first kappa shape index (κ1) is 19.4. The molecule has 0 heterocycles. The Morgan fingerprint density at radius 2 is 1.76 bits per heavy atom. The van der Waals surface area contributed by atoms with Crippen LogP contribution in [0.3, 0.4) is 0 Å². The molecular formula is C26H25BO2. The molecule has 0 aliphatic heterocycles. The van der Waals surface area contributed by atoms with E-state index < -0.39 is 12.5 Å². The minimum absolute atomic E-state index is 0.477. The molecular weight excluding hydrogens is 355 g/mol. The van der Waals surface area contributed by atoms with Gasteiger partial charge in [0.05, 0.1) is 5.41 Å². The van der Waals surface area contributed by atoms with Gasteiger partial charge in [-0.2, -0.15) is 0 Å². The van der Waals surface area contributed by atoms with Crippen LogP contribution >= 0.6 is 0 Å².